The van der Waals surface area contributed by atoms with E-state index in [4.69, 9.17) is 11.5 Å². The summed E-state index contributed by atoms with van der Waals surface area (Å²) in [5.41, 5.74) is 12.0. The Kier molecular flexibility index (Phi) is 3.19. The average molecular weight is 168 g/mol. The number of benzene rings is 1. The summed E-state index contributed by atoms with van der Waals surface area (Å²) in [7, 11) is 0. The molecule has 0 aliphatic carbocycles. The molecule has 12 heavy (non-hydrogen) atoms. The van der Waals surface area contributed by atoms with Gasteiger partial charge in [-0.15, -0.1) is 0 Å². The van der Waals surface area contributed by atoms with Gasteiger partial charge in [-0.1, -0.05) is 12.1 Å². The van der Waals surface area contributed by atoms with E-state index < -0.39 is 0 Å². The van der Waals surface area contributed by atoms with Crippen molar-refractivity contribution in [2.45, 2.75) is 12.5 Å². The summed E-state index contributed by atoms with van der Waals surface area (Å²) in [6.07, 6.45) is 0.728. The predicted octanol–water partition coefficient (Wildman–Crippen LogP) is 1.17. The first-order valence-corrected chi connectivity index (χ1v) is 3.95. The Morgan fingerprint density at radius 1 is 1.25 bits per heavy atom. The number of hydrogen-bond donors (Lipinski definition) is 2. The molecule has 0 aliphatic heterocycles. The van der Waals surface area contributed by atoms with Crippen LogP contribution >= 0.6 is 0 Å². The fourth-order valence-corrected chi connectivity index (χ4v) is 1.06. The van der Waals surface area contributed by atoms with Crippen LogP contribution in [0.2, 0.25) is 0 Å². The second kappa shape index (κ2) is 4.18. The molecule has 0 bridgehead atoms. The van der Waals surface area contributed by atoms with Crippen molar-refractivity contribution in [1.29, 1.82) is 0 Å². The lowest BCUT2D eigenvalue weighted by Gasteiger charge is -2.09. The molecule has 2 nitrogen and oxygen atoms in total. The van der Waals surface area contributed by atoms with Gasteiger partial charge in [0.15, 0.2) is 0 Å². The largest absolute Gasteiger partial charge is 0.330 e. The molecule has 0 amide bonds. The minimum atomic E-state index is -0.237. The third kappa shape index (κ3) is 2.29. The molecule has 1 aromatic carbocycles. The van der Waals surface area contributed by atoms with Crippen LogP contribution in [0.1, 0.15) is 18.0 Å². The monoisotopic (exact) mass is 168 g/mol. The van der Waals surface area contributed by atoms with Crippen LogP contribution in [-0.4, -0.2) is 6.54 Å². The molecule has 0 aromatic heterocycles. The Hall–Kier alpha value is -0.930. The maximum Gasteiger partial charge on any atom is 0.123 e. The summed E-state index contributed by atoms with van der Waals surface area (Å²) in [4.78, 5) is 0. The van der Waals surface area contributed by atoms with Gasteiger partial charge < -0.3 is 11.5 Å². The van der Waals surface area contributed by atoms with Gasteiger partial charge in [-0.25, -0.2) is 4.39 Å². The van der Waals surface area contributed by atoms with Crippen molar-refractivity contribution in [2.75, 3.05) is 6.54 Å². The van der Waals surface area contributed by atoms with E-state index in [1.54, 1.807) is 12.1 Å². The molecule has 0 saturated heterocycles. The quantitative estimate of drug-likeness (QED) is 0.712. The fraction of sp³-hybridized carbons (Fsp3) is 0.333. The van der Waals surface area contributed by atoms with E-state index in [0.29, 0.717) is 6.54 Å². The summed E-state index contributed by atoms with van der Waals surface area (Å²) < 4.78 is 12.5. The zero-order valence-electron chi connectivity index (χ0n) is 6.83. The zero-order chi connectivity index (χ0) is 8.97. The smallest absolute Gasteiger partial charge is 0.123 e. The molecule has 66 valence electrons. The molecule has 0 spiro atoms. The van der Waals surface area contributed by atoms with Gasteiger partial charge in [0.05, 0.1) is 0 Å². The topological polar surface area (TPSA) is 52.0 Å². The highest BCUT2D eigenvalue weighted by Crippen LogP contribution is 2.13. The van der Waals surface area contributed by atoms with Gasteiger partial charge in [-0.05, 0) is 30.7 Å². The van der Waals surface area contributed by atoms with E-state index in [2.05, 4.69) is 0 Å². The first-order valence-electron chi connectivity index (χ1n) is 3.95. The summed E-state index contributed by atoms with van der Waals surface area (Å²) in [6, 6.07) is 6.12. The van der Waals surface area contributed by atoms with Gasteiger partial charge in [0.1, 0.15) is 5.82 Å². The lowest BCUT2D eigenvalue weighted by Crippen LogP contribution is -2.15. The zero-order valence-corrected chi connectivity index (χ0v) is 6.83. The molecule has 1 atom stereocenters. The lowest BCUT2D eigenvalue weighted by atomic mass is 10.1. The normalized spacial score (nSPS) is 12.9. The van der Waals surface area contributed by atoms with E-state index in [1.807, 2.05) is 0 Å². The van der Waals surface area contributed by atoms with Gasteiger partial charge in [-0.3, -0.25) is 0 Å². The molecule has 1 rings (SSSR count). The van der Waals surface area contributed by atoms with Crippen LogP contribution in [0.25, 0.3) is 0 Å². The lowest BCUT2D eigenvalue weighted by molar-refractivity contribution is 0.621. The Morgan fingerprint density at radius 2 is 1.83 bits per heavy atom. The Bertz CT molecular complexity index is 233. The van der Waals surface area contributed by atoms with Crippen LogP contribution in [0.15, 0.2) is 24.3 Å². The van der Waals surface area contributed by atoms with E-state index >= 15 is 0 Å². The van der Waals surface area contributed by atoms with Crippen molar-refractivity contribution >= 4 is 0 Å². The standard InChI is InChI=1S/C9H13FN2/c10-8-3-1-7(2-4-8)9(12)5-6-11/h1-4,9H,5-6,11-12H2/t9-/m1/s1. The van der Waals surface area contributed by atoms with Gasteiger partial charge >= 0.3 is 0 Å². The number of nitrogens with two attached hydrogens (primary N) is 2. The fourth-order valence-electron chi connectivity index (χ4n) is 1.06. The number of rotatable bonds is 3. The third-order valence-corrected chi connectivity index (χ3v) is 1.78. The predicted molar refractivity (Wildman–Crippen MR) is 47.0 cm³/mol. The maximum atomic E-state index is 12.5. The van der Waals surface area contributed by atoms with Crippen molar-refractivity contribution in [3.63, 3.8) is 0 Å². The third-order valence-electron chi connectivity index (χ3n) is 1.78. The number of hydrogen-bond acceptors (Lipinski definition) is 2. The molecule has 0 aliphatic rings. The highest BCUT2D eigenvalue weighted by Gasteiger charge is 2.03. The molecule has 0 fully saturated rings. The van der Waals surface area contributed by atoms with Crippen molar-refractivity contribution in [1.82, 2.24) is 0 Å². The summed E-state index contributed by atoms with van der Waals surface area (Å²) >= 11 is 0. The van der Waals surface area contributed by atoms with E-state index in [0.717, 1.165) is 12.0 Å². The van der Waals surface area contributed by atoms with Gasteiger partial charge in [-0.2, -0.15) is 0 Å². The maximum absolute atomic E-state index is 12.5. The molecule has 0 unspecified atom stereocenters. The van der Waals surface area contributed by atoms with Crippen molar-refractivity contribution in [3.05, 3.63) is 35.6 Å². The molecular formula is C9H13FN2. The molecule has 1 aromatic rings. The minimum Gasteiger partial charge on any atom is -0.330 e. The molecule has 0 saturated carbocycles. The second-order valence-corrected chi connectivity index (χ2v) is 2.74. The molecule has 3 heteroatoms. The van der Waals surface area contributed by atoms with Gasteiger partial charge in [0, 0.05) is 6.04 Å². The van der Waals surface area contributed by atoms with Crippen LogP contribution in [0.4, 0.5) is 4.39 Å². The molecule has 0 radical (unpaired) electrons. The van der Waals surface area contributed by atoms with Crippen LogP contribution < -0.4 is 11.5 Å². The Labute approximate surface area is 71.4 Å². The minimum absolute atomic E-state index is 0.0735. The van der Waals surface area contributed by atoms with Crippen molar-refractivity contribution < 1.29 is 4.39 Å². The summed E-state index contributed by atoms with van der Waals surface area (Å²) in [5, 5.41) is 0. The van der Waals surface area contributed by atoms with E-state index in [-0.39, 0.29) is 11.9 Å². The molecule has 0 heterocycles. The first kappa shape index (κ1) is 9.16. The van der Waals surface area contributed by atoms with E-state index in [9.17, 15) is 4.39 Å². The Morgan fingerprint density at radius 3 is 2.33 bits per heavy atom. The SMILES string of the molecule is NCC[C@@H](N)c1ccc(F)cc1. The van der Waals surface area contributed by atoms with Crippen LogP contribution in [0.5, 0.6) is 0 Å². The second-order valence-electron chi connectivity index (χ2n) is 2.74. The highest BCUT2D eigenvalue weighted by atomic mass is 19.1. The first-order chi connectivity index (χ1) is 5.74. The summed E-state index contributed by atoms with van der Waals surface area (Å²) in [5.74, 6) is -0.237. The molecular weight excluding hydrogens is 155 g/mol. The van der Waals surface area contributed by atoms with E-state index in [1.165, 1.54) is 12.1 Å². The highest BCUT2D eigenvalue weighted by molar-refractivity contribution is 5.19. The van der Waals surface area contributed by atoms with Crippen LogP contribution in [0.3, 0.4) is 0 Å². The van der Waals surface area contributed by atoms with Crippen LogP contribution in [0, 0.1) is 5.82 Å². The van der Waals surface area contributed by atoms with Crippen molar-refractivity contribution in [3.8, 4) is 0 Å². The summed E-state index contributed by atoms with van der Waals surface area (Å²) in [6.45, 7) is 0.554. The Balaban J connectivity index is 2.68. The number of halogens is 1. The van der Waals surface area contributed by atoms with Crippen molar-refractivity contribution in [2.24, 2.45) is 11.5 Å². The average Bonchev–Trinajstić information content (AvgIpc) is 2.06. The molecule has 4 N–H and O–H groups in total. The van der Waals surface area contributed by atoms with Crippen LogP contribution in [-0.2, 0) is 0 Å². The van der Waals surface area contributed by atoms with Gasteiger partial charge in [0.25, 0.3) is 0 Å². The van der Waals surface area contributed by atoms with Gasteiger partial charge in [0.2, 0.25) is 0 Å².